The Bertz CT molecular complexity index is 820. The monoisotopic (exact) mass is 360 g/mol. The van der Waals surface area contributed by atoms with Crippen LogP contribution in [0, 0.1) is 0 Å². The molecule has 0 bridgehead atoms. The van der Waals surface area contributed by atoms with Gasteiger partial charge in [0.25, 0.3) is 0 Å². The Hall–Kier alpha value is -1.63. The third kappa shape index (κ3) is 3.03. The van der Waals surface area contributed by atoms with E-state index in [2.05, 4.69) is 29.2 Å². The van der Waals surface area contributed by atoms with Gasteiger partial charge < -0.3 is 4.42 Å². The van der Waals surface area contributed by atoms with E-state index in [1.165, 1.54) is 11.8 Å². The van der Waals surface area contributed by atoms with Gasteiger partial charge in [0.2, 0.25) is 10.0 Å². The first-order valence-corrected chi connectivity index (χ1v) is 10.6. The number of likely N-dealkylation sites (tertiary alicyclic amines) is 1. The molecule has 0 saturated carbocycles. The molecule has 3 heterocycles. The molecular formula is C19H24N2O3S. The molecule has 2 saturated heterocycles. The summed E-state index contributed by atoms with van der Waals surface area (Å²) >= 11 is 0. The van der Waals surface area contributed by atoms with Crippen molar-refractivity contribution in [1.29, 1.82) is 0 Å². The van der Waals surface area contributed by atoms with E-state index in [-0.39, 0.29) is 11.5 Å². The molecular weight excluding hydrogens is 336 g/mol. The number of fused-ring (bicyclic) bond motifs is 1. The molecule has 0 N–H and O–H groups in total. The van der Waals surface area contributed by atoms with Crippen molar-refractivity contribution in [2.45, 2.75) is 30.8 Å². The molecule has 1 aromatic heterocycles. The van der Waals surface area contributed by atoms with Gasteiger partial charge in [0, 0.05) is 36.7 Å². The summed E-state index contributed by atoms with van der Waals surface area (Å²) in [5.41, 5.74) is 2.34. The molecule has 0 radical (unpaired) electrons. The van der Waals surface area contributed by atoms with Crippen molar-refractivity contribution in [3.8, 4) is 0 Å². The maximum atomic E-state index is 12.4. The molecule has 5 nitrogen and oxygen atoms in total. The third-order valence-electron chi connectivity index (χ3n) is 5.83. The smallest absolute Gasteiger partial charge is 0.211 e. The average molecular weight is 360 g/mol. The van der Waals surface area contributed by atoms with Crippen LogP contribution in [-0.4, -0.2) is 49.6 Å². The molecule has 0 aliphatic carbocycles. The zero-order valence-corrected chi connectivity index (χ0v) is 15.3. The van der Waals surface area contributed by atoms with Gasteiger partial charge in [0.05, 0.1) is 18.8 Å². The van der Waals surface area contributed by atoms with E-state index in [1.54, 1.807) is 16.8 Å². The van der Waals surface area contributed by atoms with E-state index < -0.39 is 10.0 Å². The first-order valence-electron chi connectivity index (χ1n) is 8.75. The minimum atomic E-state index is -3.22. The minimum absolute atomic E-state index is 0.00875. The number of hydrogen-bond acceptors (Lipinski definition) is 4. The van der Waals surface area contributed by atoms with Crippen LogP contribution >= 0.6 is 0 Å². The van der Waals surface area contributed by atoms with E-state index in [1.807, 2.05) is 12.1 Å². The second-order valence-electron chi connectivity index (χ2n) is 7.28. The molecule has 2 aliphatic rings. The summed E-state index contributed by atoms with van der Waals surface area (Å²) in [5.74, 6) is 0. The van der Waals surface area contributed by atoms with Crippen LogP contribution in [-0.2, 0) is 22.0 Å². The molecule has 6 heteroatoms. The van der Waals surface area contributed by atoms with Gasteiger partial charge in [-0.1, -0.05) is 30.3 Å². The van der Waals surface area contributed by atoms with Gasteiger partial charge in [-0.25, -0.2) is 8.42 Å². The van der Waals surface area contributed by atoms with Crippen molar-refractivity contribution in [1.82, 2.24) is 9.21 Å². The van der Waals surface area contributed by atoms with Crippen LogP contribution in [0.3, 0.4) is 0 Å². The van der Waals surface area contributed by atoms with E-state index in [9.17, 15) is 8.42 Å². The Morgan fingerprint density at radius 2 is 1.92 bits per heavy atom. The highest BCUT2D eigenvalue weighted by Crippen LogP contribution is 2.46. The number of sulfonamides is 1. The predicted molar refractivity (Wildman–Crippen MR) is 96.7 cm³/mol. The summed E-state index contributed by atoms with van der Waals surface area (Å²) in [5, 5.41) is 0. The summed E-state index contributed by atoms with van der Waals surface area (Å²) in [6.07, 6.45) is 6.66. The first kappa shape index (κ1) is 16.8. The van der Waals surface area contributed by atoms with Crippen molar-refractivity contribution in [2.75, 3.05) is 25.9 Å². The quantitative estimate of drug-likeness (QED) is 0.840. The Kier molecular flexibility index (Phi) is 4.22. The largest absolute Gasteiger partial charge is 0.472 e. The Balaban J connectivity index is 1.66. The first-order chi connectivity index (χ1) is 12.0. The highest BCUT2D eigenvalue weighted by Gasteiger charge is 2.53. The second-order valence-corrected chi connectivity index (χ2v) is 9.21. The summed E-state index contributed by atoms with van der Waals surface area (Å²) in [7, 11) is -3.22. The van der Waals surface area contributed by atoms with Crippen molar-refractivity contribution in [2.24, 2.45) is 0 Å². The zero-order valence-electron chi connectivity index (χ0n) is 14.5. The van der Waals surface area contributed by atoms with Gasteiger partial charge in [-0.05, 0) is 31.0 Å². The van der Waals surface area contributed by atoms with Gasteiger partial charge in [-0.3, -0.25) is 4.90 Å². The summed E-state index contributed by atoms with van der Waals surface area (Å²) in [6.45, 7) is 3.13. The van der Waals surface area contributed by atoms with Crippen LogP contribution < -0.4 is 0 Å². The molecule has 0 unspecified atom stereocenters. The summed E-state index contributed by atoms with van der Waals surface area (Å²) < 4.78 is 31.7. The van der Waals surface area contributed by atoms with Crippen LogP contribution in [0.15, 0.2) is 53.3 Å². The minimum Gasteiger partial charge on any atom is -0.472 e. The number of benzene rings is 1. The molecule has 2 aromatic rings. The van der Waals surface area contributed by atoms with E-state index >= 15 is 0 Å². The van der Waals surface area contributed by atoms with E-state index in [0.717, 1.165) is 38.0 Å². The SMILES string of the molecule is CS(=O)(=O)N1CC[C@]2(c3ccccc3)CCN(Cc3ccoc3)C[C@H]12. The van der Waals surface area contributed by atoms with Crippen LogP contribution in [0.2, 0.25) is 0 Å². The molecule has 1 aromatic carbocycles. The van der Waals surface area contributed by atoms with Gasteiger partial charge in [0.1, 0.15) is 0 Å². The lowest BCUT2D eigenvalue weighted by molar-refractivity contribution is 0.110. The fraction of sp³-hybridized carbons (Fsp3) is 0.474. The van der Waals surface area contributed by atoms with Crippen molar-refractivity contribution in [3.63, 3.8) is 0 Å². The Morgan fingerprint density at radius 3 is 2.60 bits per heavy atom. The lowest BCUT2D eigenvalue weighted by Gasteiger charge is -2.46. The fourth-order valence-electron chi connectivity index (χ4n) is 4.59. The molecule has 134 valence electrons. The fourth-order valence-corrected chi connectivity index (χ4v) is 5.74. The van der Waals surface area contributed by atoms with Crippen LogP contribution in [0.4, 0.5) is 0 Å². The summed E-state index contributed by atoms with van der Waals surface area (Å²) in [6, 6.07) is 12.4. The topological polar surface area (TPSA) is 53.8 Å². The maximum absolute atomic E-state index is 12.4. The normalized spacial score (nSPS) is 28.1. The zero-order chi connectivity index (χ0) is 17.5. The van der Waals surface area contributed by atoms with Crippen molar-refractivity contribution in [3.05, 3.63) is 60.1 Å². The Labute approximate surface area is 149 Å². The highest BCUT2D eigenvalue weighted by atomic mass is 32.2. The van der Waals surface area contributed by atoms with Gasteiger partial charge in [0.15, 0.2) is 0 Å². The van der Waals surface area contributed by atoms with Crippen LogP contribution in [0.25, 0.3) is 0 Å². The van der Waals surface area contributed by atoms with Gasteiger partial charge in [-0.15, -0.1) is 0 Å². The lowest BCUT2D eigenvalue weighted by atomic mass is 9.69. The number of piperidine rings is 1. The molecule has 25 heavy (non-hydrogen) atoms. The van der Waals surface area contributed by atoms with Gasteiger partial charge >= 0.3 is 0 Å². The number of rotatable bonds is 4. The number of nitrogens with zero attached hydrogens (tertiary/aromatic N) is 2. The Morgan fingerprint density at radius 1 is 1.16 bits per heavy atom. The number of hydrogen-bond donors (Lipinski definition) is 0. The average Bonchev–Trinajstić information content (AvgIpc) is 3.23. The third-order valence-corrected chi connectivity index (χ3v) is 7.12. The molecule has 2 aliphatic heterocycles. The molecule has 0 amide bonds. The van der Waals surface area contributed by atoms with Crippen molar-refractivity contribution >= 4 is 10.0 Å². The molecule has 2 fully saturated rings. The van der Waals surface area contributed by atoms with Crippen LogP contribution in [0.5, 0.6) is 0 Å². The molecule has 0 spiro atoms. The second kappa shape index (κ2) is 6.27. The summed E-state index contributed by atoms with van der Waals surface area (Å²) in [4.78, 5) is 2.35. The highest BCUT2D eigenvalue weighted by molar-refractivity contribution is 7.88. The molecule has 2 atom stereocenters. The maximum Gasteiger partial charge on any atom is 0.211 e. The standard InChI is InChI=1S/C19H24N2O3S/c1-25(22,23)21-11-9-19(17-5-3-2-4-6-17)8-10-20(14-18(19)21)13-16-7-12-24-15-16/h2-7,12,15,18H,8-11,13-14H2,1H3/t18-,19-/m0/s1. The molecule has 4 rings (SSSR count). The predicted octanol–water partition coefficient (Wildman–Crippen LogP) is 2.46. The number of furan rings is 1. The van der Waals surface area contributed by atoms with E-state index in [0.29, 0.717) is 6.54 Å². The van der Waals surface area contributed by atoms with E-state index in [4.69, 9.17) is 4.42 Å². The van der Waals surface area contributed by atoms with Crippen molar-refractivity contribution < 1.29 is 12.8 Å². The van der Waals surface area contributed by atoms with Crippen LogP contribution in [0.1, 0.15) is 24.0 Å². The van der Waals surface area contributed by atoms with Gasteiger partial charge in [-0.2, -0.15) is 4.31 Å². The lowest BCUT2D eigenvalue weighted by Crippen LogP contribution is -2.56.